The van der Waals surface area contributed by atoms with E-state index in [1.165, 1.54) is 18.5 Å². The number of aromatic nitrogens is 2. The lowest BCUT2D eigenvalue weighted by molar-refractivity contribution is 0.318. The molecule has 0 aliphatic carbocycles. The van der Waals surface area contributed by atoms with Crippen molar-refractivity contribution in [2.75, 3.05) is 6.61 Å². The molecule has 0 radical (unpaired) electrons. The minimum atomic E-state index is -4.67. The predicted molar refractivity (Wildman–Crippen MR) is 68.8 cm³/mol. The van der Waals surface area contributed by atoms with Crippen LogP contribution in [0.2, 0.25) is 0 Å². The molecule has 108 valence electrons. The third-order valence-electron chi connectivity index (χ3n) is 1.70. The SMILES string of the molecule is CCCCc1cncn1C.CCO.O=S(=O)(O)O. The smallest absolute Gasteiger partial charge is 0.394 e. The summed E-state index contributed by atoms with van der Waals surface area (Å²) in [6.07, 6.45) is 7.47. The van der Waals surface area contributed by atoms with Gasteiger partial charge in [0.25, 0.3) is 0 Å². The molecule has 0 saturated carbocycles. The Hall–Kier alpha value is -0.960. The molecule has 1 heterocycles. The molecule has 0 fully saturated rings. The molecule has 0 aliphatic heterocycles. The van der Waals surface area contributed by atoms with Crippen LogP contribution in [0.1, 0.15) is 32.4 Å². The minimum Gasteiger partial charge on any atom is -0.397 e. The first-order valence-corrected chi connectivity index (χ1v) is 6.91. The molecule has 0 unspecified atom stereocenters. The molecule has 8 heteroatoms. The van der Waals surface area contributed by atoms with Crippen molar-refractivity contribution in [3.63, 3.8) is 0 Å². The molecule has 1 aromatic heterocycles. The van der Waals surface area contributed by atoms with Crippen LogP contribution in [-0.2, 0) is 23.9 Å². The summed E-state index contributed by atoms with van der Waals surface area (Å²) in [7, 11) is -2.63. The van der Waals surface area contributed by atoms with Crippen molar-refractivity contribution in [1.29, 1.82) is 0 Å². The monoisotopic (exact) mass is 282 g/mol. The molecule has 7 nitrogen and oxygen atoms in total. The van der Waals surface area contributed by atoms with Crippen LogP contribution in [0.25, 0.3) is 0 Å². The summed E-state index contributed by atoms with van der Waals surface area (Å²) in [4.78, 5) is 4.04. The van der Waals surface area contributed by atoms with Crippen LogP contribution >= 0.6 is 0 Å². The topological polar surface area (TPSA) is 113 Å². The molecule has 0 spiro atoms. The molecule has 18 heavy (non-hydrogen) atoms. The zero-order valence-corrected chi connectivity index (χ0v) is 11.8. The summed E-state index contributed by atoms with van der Waals surface area (Å²) in [6.45, 7) is 4.14. The first-order valence-electron chi connectivity index (χ1n) is 5.52. The predicted octanol–water partition coefficient (Wildman–Crippen LogP) is 1.11. The Morgan fingerprint density at radius 3 is 2.06 bits per heavy atom. The third-order valence-corrected chi connectivity index (χ3v) is 1.70. The van der Waals surface area contributed by atoms with E-state index in [0.29, 0.717) is 0 Å². The fraction of sp³-hybridized carbons (Fsp3) is 0.700. The van der Waals surface area contributed by atoms with Crippen LogP contribution in [0.4, 0.5) is 0 Å². The van der Waals surface area contributed by atoms with Gasteiger partial charge < -0.3 is 9.67 Å². The Balaban J connectivity index is 0. The second-order valence-electron chi connectivity index (χ2n) is 3.36. The van der Waals surface area contributed by atoms with Crippen LogP contribution in [0.3, 0.4) is 0 Å². The average molecular weight is 282 g/mol. The van der Waals surface area contributed by atoms with E-state index >= 15 is 0 Å². The number of hydrogen-bond donors (Lipinski definition) is 3. The molecular weight excluding hydrogens is 260 g/mol. The Labute approximate surface area is 108 Å². The molecule has 3 N–H and O–H groups in total. The van der Waals surface area contributed by atoms with Crippen LogP contribution < -0.4 is 0 Å². The van der Waals surface area contributed by atoms with E-state index in [1.807, 2.05) is 19.6 Å². The van der Waals surface area contributed by atoms with E-state index < -0.39 is 10.4 Å². The number of aryl methyl sites for hydroxylation is 2. The Morgan fingerprint density at radius 1 is 1.33 bits per heavy atom. The molecule has 0 aliphatic rings. The van der Waals surface area contributed by atoms with Crippen LogP contribution in [0.5, 0.6) is 0 Å². The second kappa shape index (κ2) is 11.1. The Bertz CT molecular complexity index is 381. The zero-order chi connectivity index (χ0) is 14.6. The van der Waals surface area contributed by atoms with Gasteiger partial charge in [0, 0.05) is 25.5 Å². The summed E-state index contributed by atoms with van der Waals surface area (Å²) in [5.41, 5.74) is 1.34. The Kier molecular flexibility index (Phi) is 12.0. The van der Waals surface area contributed by atoms with Gasteiger partial charge in [-0.05, 0) is 19.8 Å². The maximum atomic E-state index is 8.74. The van der Waals surface area contributed by atoms with Crippen molar-refractivity contribution in [2.24, 2.45) is 7.05 Å². The summed E-state index contributed by atoms with van der Waals surface area (Å²) in [6, 6.07) is 0. The highest BCUT2D eigenvalue weighted by molar-refractivity contribution is 7.79. The minimum absolute atomic E-state index is 0.250. The molecule has 1 aromatic rings. The first kappa shape index (κ1) is 19.4. The lowest BCUT2D eigenvalue weighted by Crippen LogP contribution is -1.93. The number of hydrogen-bond acceptors (Lipinski definition) is 4. The zero-order valence-electron chi connectivity index (χ0n) is 10.9. The summed E-state index contributed by atoms with van der Waals surface area (Å²) >= 11 is 0. The van der Waals surface area contributed by atoms with Crippen molar-refractivity contribution >= 4 is 10.4 Å². The van der Waals surface area contributed by atoms with Gasteiger partial charge in [0.1, 0.15) is 0 Å². The number of rotatable bonds is 3. The van der Waals surface area contributed by atoms with Gasteiger partial charge in [0.2, 0.25) is 0 Å². The van der Waals surface area contributed by atoms with E-state index in [-0.39, 0.29) is 6.61 Å². The van der Waals surface area contributed by atoms with Gasteiger partial charge in [-0.3, -0.25) is 9.11 Å². The van der Waals surface area contributed by atoms with Crippen molar-refractivity contribution in [2.45, 2.75) is 33.1 Å². The summed E-state index contributed by atoms with van der Waals surface area (Å²) in [5, 5.41) is 7.57. The van der Waals surface area contributed by atoms with Crippen molar-refractivity contribution in [3.05, 3.63) is 18.2 Å². The number of nitrogens with zero attached hydrogens (tertiary/aromatic N) is 2. The molecule has 1 rings (SSSR count). The highest BCUT2D eigenvalue weighted by Gasteiger charge is 1.94. The van der Waals surface area contributed by atoms with Gasteiger partial charge in [-0.1, -0.05) is 13.3 Å². The van der Waals surface area contributed by atoms with E-state index in [1.54, 1.807) is 6.92 Å². The number of unbranched alkanes of at least 4 members (excludes halogenated alkanes) is 1. The van der Waals surface area contributed by atoms with Crippen molar-refractivity contribution < 1.29 is 22.6 Å². The number of imidazole rings is 1. The van der Waals surface area contributed by atoms with Gasteiger partial charge in [-0.2, -0.15) is 8.42 Å². The van der Waals surface area contributed by atoms with Gasteiger partial charge in [0.05, 0.1) is 6.33 Å². The molecule has 0 bridgehead atoms. The van der Waals surface area contributed by atoms with E-state index in [9.17, 15) is 0 Å². The molecule has 0 saturated heterocycles. The fourth-order valence-corrected chi connectivity index (χ4v) is 0.983. The second-order valence-corrected chi connectivity index (χ2v) is 4.26. The van der Waals surface area contributed by atoms with Crippen LogP contribution in [0.15, 0.2) is 12.5 Å². The maximum Gasteiger partial charge on any atom is 0.394 e. The number of aliphatic hydroxyl groups is 1. The van der Waals surface area contributed by atoms with Gasteiger partial charge >= 0.3 is 10.4 Å². The first-order chi connectivity index (χ1) is 8.26. The largest absolute Gasteiger partial charge is 0.397 e. The lowest BCUT2D eigenvalue weighted by atomic mass is 10.2. The van der Waals surface area contributed by atoms with E-state index in [2.05, 4.69) is 16.5 Å². The molecular formula is C10H22N2O5S. The van der Waals surface area contributed by atoms with Crippen LogP contribution in [0, 0.1) is 0 Å². The summed E-state index contributed by atoms with van der Waals surface area (Å²) in [5.74, 6) is 0. The Morgan fingerprint density at radius 2 is 1.78 bits per heavy atom. The molecule has 0 amide bonds. The van der Waals surface area contributed by atoms with Crippen molar-refractivity contribution in [3.8, 4) is 0 Å². The fourth-order valence-electron chi connectivity index (χ4n) is 0.983. The normalized spacial score (nSPS) is 9.89. The molecule has 0 atom stereocenters. The number of aliphatic hydroxyl groups excluding tert-OH is 1. The van der Waals surface area contributed by atoms with E-state index in [4.69, 9.17) is 22.6 Å². The summed E-state index contributed by atoms with van der Waals surface area (Å²) < 4.78 is 33.7. The highest BCUT2D eigenvalue weighted by atomic mass is 32.3. The van der Waals surface area contributed by atoms with Gasteiger partial charge in [-0.25, -0.2) is 4.98 Å². The quantitative estimate of drug-likeness (QED) is 0.716. The van der Waals surface area contributed by atoms with Crippen LogP contribution in [-0.4, -0.2) is 38.8 Å². The molecule has 0 aromatic carbocycles. The maximum absolute atomic E-state index is 8.74. The third kappa shape index (κ3) is 17.4. The van der Waals surface area contributed by atoms with Gasteiger partial charge in [-0.15, -0.1) is 0 Å². The van der Waals surface area contributed by atoms with Crippen molar-refractivity contribution in [1.82, 2.24) is 9.55 Å². The average Bonchev–Trinajstić information content (AvgIpc) is 2.60. The highest BCUT2D eigenvalue weighted by Crippen LogP contribution is 2.01. The standard InChI is InChI=1S/C8H14N2.C2H6O.H2O4S/c1-3-4-5-8-6-9-7-10(8)2;1-2-3;1-5(2,3)4/h6-7H,3-5H2,1-2H3;3H,2H2,1H3;(H2,1,2,3,4). The lowest BCUT2D eigenvalue weighted by Gasteiger charge is -1.98. The van der Waals surface area contributed by atoms with E-state index in [0.717, 1.165) is 6.42 Å². The van der Waals surface area contributed by atoms with Gasteiger partial charge in [0.15, 0.2) is 0 Å².